The number of aromatic nitrogens is 5. The second-order valence-electron chi connectivity index (χ2n) is 14.1. The number of rotatable bonds is 11. The number of carbonyl (C=O) groups excluding carboxylic acids is 2. The Morgan fingerprint density at radius 3 is 2.61 bits per heavy atom. The second-order valence-corrected chi connectivity index (χ2v) is 14.1. The number of fused-ring (bicyclic) bond motifs is 2. The first-order valence-electron chi connectivity index (χ1n) is 17.5. The Hall–Kier alpha value is -4.90. The van der Waals surface area contributed by atoms with Crippen LogP contribution in [0.2, 0.25) is 0 Å². The number of benzene rings is 2. The van der Waals surface area contributed by atoms with Gasteiger partial charge in [-0.15, -0.1) is 0 Å². The first-order chi connectivity index (χ1) is 23.6. The molecule has 11 nitrogen and oxygen atoms in total. The largest absolute Gasteiger partial charge is 0.453 e. The zero-order chi connectivity index (χ0) is 34.4. The van der Waals surface area contributed by atoms with Crippen LogP contribution < -0.4 is 10.5 Å². The highest BCUT2D eigenvalue weighted by Gasteiger charge is 2.32. The van der Waals surface area contributed by atoms with Gasteiger partial charge in [-0.2, -0.15) is 0 Å². The third kappa shape index (κ3) is 6.12. The summed E-state index contributed by atoms with van der Waals surface area (Å²) in [5.74, 6) is 3.62. The van der Waals surface area contributed by atoms with E-state index in [-0.39, 0.29) is 23.8 Å². The third-order valence-electron chi connectivity index (χ3n) is 9.70. The molecule has 4 N–H and O–H groups in total. The Morgan fingerprint density at radius 1 is 1.04 bits per heavy atom. The maximum absolute atomic E-state index is 13.0. The van der Waals surface area contributed by atoms with Crippen molar-refractivity contribution >= 4 is 22.7 Å². The molecule has 2 aliphatic heterocycles. The highest BCUT2D eigenvalue weighted by Crippen LogP contribution is 2.45. The lowest BCUT2D eigenvalue weighted by Gasteiger charge is -2.26. The number of carbonyl (C=O) groups is 2. The van der Waals surface area contributed by atoms with E-state index in [1.54, 1.807) is 4.90 Å². The van der Waals surface area contributed by atoms with Gasteiger partial charge < -0.3 is 34.8 Å². The fourth-order valence-electron chi connectivity index (χ4n) is 7.09. The highest BCUT2D eigenvalue weighted by molar-refractivity contribution is 6.00. The molecular formula is C38H46N8O3. The SMILES string of the molecule is CCCN(Cc1ncc(-c2ccc3c(c2)-n2ccc4c(-c5cnc(C6CCCN6C(=O)CC(C)C)[nH]5)ccc(c42)O3)[nH]1)C(=O)C(N)C(C)C. The van der Waals surface area contributed by atoms with Crippen LogP contribution in [0.1, 0.15) is 78.0 Å². The van der Waals surface area contributed by atoms with Gasteiger partial charge in [0.25, 0.3) is 0 Å². The number of H-pyrrole nitrogens is 2. The molecule has 2 aromatic carbocycles. The summed E-state index contributed by atoms with van der Waals surface area (Å²) in [7, 11) is 0. The predicted molar refractivity (Wildman–Crippen MR) is 190 cm³/mol. The quantitative estimate of drug-likeness (QED) is 0.137. The molecule has 2 aliphatic rings. The Bertz CT molecular complexity index is 2000. The van der Waals surface area contributed by atoms with Crippen molar-refractivity contribution < 1.29 is 14.3 Å². The second kappa shape index (κ2) is 13.2. The fraction of sp³-hybridized carbons (Fsp3) is 0.421. The van der Waals surface area contributed by atoms with Crippen LogP contribution in [0, 0.1) is 11.8 Å². The summed E-state index contributed by atoms with van der Waals surface area (Å²) in [6, 6.07) is 11.7. The summed E-state index contributed by atoms with van der Waals surface area (Å²) in [5, 5.41) is 1.05. The van der Waals surface area contributed by atoms with Crippen molar-refractivity contribution in [3.63, 3.8) is 0 Å². The molecule has 0 aliphatic carbocycles. The van der Waals surface area contributed by atoms with E-state index in [2.05, 4.69) is 64.7 Å². The van der Waals surface area contributed by atoms with Gasteiger partial charge in [0.1, 0.15) is 11.6 Å². The molecule has 0 saturated carbocycles. The topological polar surface area (TPSA) is 138 Å². The van der Waals surface area contributed by atoms with Crippen LogP contribution >= 0.6 is 0 Å². The molecule has 1 saturated heterocycles. The van der Waals surface area contributed by atoms with Crippen molar-refractivity contribution in [2.75, 3.05) is 13.1 Å². The van der Waals surface area contributed by atoms with E-state index in [4.69, 9.17) is 15.5 Å². The molecule has 7 rings (SSSR count). The maximum Gasteiger partial charge on any atom is 0.240 e. The summed E-state index contributed by atoms with van der Waals surface area (Å²) < 4.78 is 8.60. The minimum Gasteiger partial charge on any atom is -0.453 e. The number of likely N-dealkylation sites (tertiary alicyclic amines) is 1. The average Bonchev–Trinajstić information content (AvgIpc) is 3.90. The predicted octanol–water partition coefficient (Wildman–Crippen LogP) is 6.95. The van der Waals surface area contributed by atoms with E-state index in [0.29, 0.717) is 31.3 Å². The van der Waals surface area contributed by atoms with Crippen LogP contribution in [-0.2, 0) is 16.1 Å². The number of ether oxygens (including phenoxy) is 1. The smallest absolute Gasteiger partial charge is 0.240 e. The number of imidazole rings is 2. The van der Waals surface area contributed by atoms with Crippen LogP contribution in [0.3, 0.4) is 0 Å². The Morgan fingerprint density at radius 2 is 1.84 bits per heavy atom. The fourth-order valence-corrected chi connectivity index (χ4v) is 7.09. The number of nitrogens with zero attached hydrogens (tertiary/aromatic N) is 5. The molecule has 2 atom stereocenters. The van der Waals surface area contributed by atoms with E-state index in [1.165, 1.54) is 0 Å². The minimum absolute atomic E-state index is 0.0253. The zero-order valence-corrected chi connectivity index (χ0v) is 29.0. The van der Waals surface area contributed by atoms with Crippen LogP contribution in [0.25, 0.3) is 39.1 Å². The van der Waals surface area contributed by atoms with Gasteiger partial charge in [-0.3, -0.25) is 9.59 Å². The number of nitrogens with two attached hydrogens (primary N) is 1. The number of hydrogen-bond donors (Lipinski definition) is 3. The Balaban J connectivity index is 1.15. The molecule has 1 fully saturated rings. The minimum atomic E-state index is -0.540. The molecule has 0 spiro atoms. The van der Waals surface area contributed by atoms with E-state index < -0.39 is 6.04 Å². The molecule has 5 heterocycles. The standard InChI is InChI=1S/C38H46N8O3/c1-6-14-44(38(48)35(39)23(4)5)21-33-40-19-27(42-33)24-9-11-31-30(18-24)46-16-13-26-25(10-12-32(49-31)36(26)46)28-20-41-37(43-28)29-8-7-15-45(29)34(47)17-22(2)3/h9-13,16,18-20,22-23,29,35H,6-8,14-15,17,21,39H2,1-5H3,(H,40,42)(H,41,43). The lowest BCUT2D eigenvalue weighted by molar-refractivity contribution is -0.134. The molecule has 2 amide bonds. The van der Waals surface area contributed by atoms with E-state index in [9.17, 15) is 9.59 Å². The van der Waals surface area contributed by atoms with Gasteiger partial charge >= 0.3 is 0 Å². The highest BCUT2D eigenvalue weighted by atomic mass is 16.5. The lowest BCUT2D eigenvalue weighted by Crippen LogP contribution is -2.46. The van der Waals surface area contributed by atoms with Crippen LogP contribution in [0.4, 0.5) is 0 Å². The van der Waals surface area contributed by atoms with Crippen LogP contribution in [0.5, 0.6) is 11.5 Å². The van der Waals surface area contributed by atoms with Crippen molar-refractivity contribution in [1.82, 2.24) is 34.3 Å². The molecule has 256 valence electrons. The zero-order valence-electron chi connectivity index (χ0n) is 29.0. The molecule has 2 unspecified atom stereocenters. The molecular weight excluding hydrogens is 616 g/mol. The van der Waals surface area contributed by atoms with Crippen LogP contribution in [0.15, 0.2) is 55.0 Å². The molecule has 49 heavy (non-hydrogen) atoms. The van der Waals surface area contributed by atoms with Gasteiger partial charge in [0.05, 0.1) is 53.6 Å². The normalized spacial score (nSPS) is 16.0. The van der Waals surface area contributed by atoms with Crippen molar-refractivity contribution in [2.45, 2.75) is 78.9 Å². The number of hydrogen-bond acceptors (Lipinski definition) is 6. The van der Waals surface area contributed by atoms with Crippen molar-refractivity contribution in [1.29, 1.82) is 0 Å². The Labute approximate surface area is 286 Å². The number of nitrogens with one attached hydrogen (secondary N) is 2. The number of aromatic amines is 2. The maximum atomic E-state index is 13.0. The molecule has 0 radical (unpaired) electrons. The molecule has 5 aromatic rings. The molecule has 11 heteroatoms. The summed E-state index contributed by atoms with van der Waals surface area (Å²) in [6.07, 6.45) is 9.05. The van der Waals surface area contributed by atoms with Gasteiger partial charge in [0, 0.05) is 42.2 Å². The van der Waals surface area contributed by atoms with Crippen molar-refractivity contribution in [2.24, 2.45) is 17.6 Å². The van der Waals surface area contributed by atoms with Gasteiger partial charge in [-0.05, 0) is 67.5 Å². The first-order valence-corrected chi connectivity index (χ1v) is 17.5. The van der Waals surface area contributed by atoms with E-state index in [0.717, 1.165) is 82.2 Å². The van der Waals surface area contributed by atoms with Gasteiger partial charge in [0.15, 0.2) is 11.5 Å². The van der Waals surface area contributed by atoms with Gasteiger partial charge in [-0.1, -0.05) is 34.6 Å². The van der Waals surface area contributed by atoms with Crippen LogP contribution in [-0.4, -0.2) is 65.2 Å². The summed E-state index contributed by atoms with van der Waals surface area (Å²) >= 11 is 0. The number of amides is 2. The van der Waals surface area contributed by atoms with E-state index >= 15 is 0 Å². The molecule has 3 aromatic heterocycles. The molecule has 0 bridgehead atoms. The first kappa shape index (κ1) is 32.6. The summed E-state index contributed by atoms with van der Waals surface area (Å²) in [6.45, 7) is 11.9. The van der Waals surface area contributed by atoms with Gasteiger partial charge in [-0.25, -0.2) is 9.97 Å². The monoisotopic (exact) mass is 662 g/mol. The lowest BCUT2D eigenvalue weighted by atomic mass is 10.0. The average molecular weight is 663 g/mol. The van der Waals surface area contributed by atoms with Crippen molar-refractivity contribution in [3.05, 3.63) is 66.6 Å². The van der Waals surface area contributed by atoms with E-state index in [1.807, 2.05) is 49.3 Å². The summed E-state index contributed by atoms with van der Waals surface area (Å²) in [4.78, 5) is 46.2. The van der Waals surface area contributed by atoms with Crippen molar-refractivity contribution in [3.8, 4) is 39.7 Å². The van der Waals surface area contributed by atoms with Gasteiger partial charge in [0.2, 0.25) is 11.8 Å². The Kier molecular flexibility index (Phi) is 8.79. The third-order valence-corrected chi connectivity index (χ3v) is 9.70. The summed E-state index contributed by atoms with van der Waals surface area (Å²) in [5.41, 5.74) is 11.9.